The summed E-state index contributed by atoms with van der Waals surface area (Å²) in [6.07, 6.45) is 1.02. The first-order valence-corrected chi connectivity index (χ1v) is 8.35. The first-order chi connectivity index (χ1) is 11.6. The number of anilines is 1. The van der Waals surface area contributed by atoms with Crippen LogP contribution in [0.3, 0.4) is 0 Å². The number of methoxy groups -OCH3 is 1. The molecule has 134 valence electrons. The second kappa shape index (κ2) is 7.07. The lowest BCUT2D eigenvalue weighted by Crippen LogP contribution is -2.18. The van der Waals surface area contributed by atoms with Gasteiger partial charge >= 0.3 is 0 Å². The standard InChI is InChI=1S/C18H19BrF2N2O2/c1-9(24)23-12-7-13(25-5)16(18(2,3)4)15(17(12)21)10-6-14(19)22-8-11(10)20/h6-8H,1-5H3,(H,23,24). The van der Waals surface area contributed by atoms with Crippen molar-refractivity contribution in [2.75, 3.05) is 12.4 Å². The molecule has 4 nitrogen and oxygen atoms in total. The molecule has 0 unspecified atom stereocenters. The van der Waals surface area contributed by atoms with Crippen molar-refractivity contribution in [2.24, 2.45) is 0 Å². The molecule has 1 aromatic carbocycles. The molecule has 0 atom stereocenters. The summed E-state index contributed by atoms with van der Waals surface area (Å²) in [6.45, 7) is 6.90. The Kier molecular flexibility index (Phi) is 5.46. The fraction of sp³-hybridized carbons (Fsp3) is 0.333. The number of benzene rings is 1. The van der Waals surface area contributed by atoms with Crippen LogP contribution in [0.1, 0.15) is 33.3 Å². The second-order valence-corrected chi connectivity index (χ2v) is 7.42. The topological polar surface area (TPSA) is 51.2 Å². The maximum absolute atomic E-state index is 15.3. The van der Waals surface area contributed by atoms with Gasteiger partial charge in [0, 0.05) is 29.7 Å². The summed E-state index contributed by atoms with van der Waals surface area (Å²) in [4.78, 5) is 15.2. The third kappa shape index (κ3) is 3.98. The van der Waals surface area contributed by atoms with Gasteiger partial charge in [0.25, 0.3) is 0 Å². The molecule has 2 rings (SSSR count). The number of hydrogen-bond donors (Lipinski definition) is 1. The molecule has 25 heavy (non-hydrogen) atoms. The number of rotatable bonds is 3. The first kappa shape index (κ1) is 19.3. The van der Waals surface area contributed by atoms with E-state index in [1.54, 1.807) is 0 Å². The maximum Gasteiger partial charge on any atom is 0.221 e. The van der Waals surface area contributed by atoms with Crippen LogP contribution in [0.25, 0.3) is 11.1 Å². The summed E-state index contributed by atoms with van der Waals surface area (Å²) >= 11 is 3.19. The first-order valence-electron chi connectivity index (χ1n) is 7.56. The van der Waals surface area contributed by atoms with Crippen LogP contribution in [-0.2, 0) is 10.2 Å². The van der Waals surface area contributed by atoms with Crippen molar-refractivity contribution >= 4 is 27.5 Å². The fourth-order valence-electron chi connectivity index (χ4n) is 2.68. The number of nitrogens with one attached hydrogen (secondary N) is 1. The predicted molar refractivity (Wildman–Crippen MR) is 96.8 cm³/mol. The molecular formula is C18H19BrF2N2O2. The number of amides is 1. The normalized spacial score (nSPS) is 11.4. The van der Waals surface area contributed by atoms with Gasteiger partial charge in [-0.05, 0) is 27.4 Å². The Hall–Kier alpha value is -2.02. The zero-order chi connectivity index (χ0) is 18.9. The number of carbonyl (C=O) groups excluding carboxylic acids is 1. The third-order valence-corrected chi connectivity index (χ3v) is 4.03. The van der Waals surface area contributed by atoms with E-state index in [1.807, 2.05) is 20.8 Å². The zero-order valence-corrected chi connectivity index (χ0v) is 16.2. The van der Waals surface area contributed by atoms with E-state index in [9.17, 15) is 9.18 Å². The van der Waals surface area contributed by atoms with Gasteiger partial charge in [0.05, 0.1) is 19.0 Å². The monoisotopic (exact) mass is 412 g/mol. The lowest BCUT2D eigenvalue weighted by atomic mass is 9.80. The van der Waals surface area contributed by atoms with Crippen LogP contribution in [0.5, 0.6) is 5.75 Å². The highest BCUT2D eigenvalue weighted by molar-refractivity contribution is 9.10. The van der Waals surface area contributed by atoms with Gasteiger partial charge < -0.3 is 10.1 Å². The lowest BCUT2D eigenvalue weighted by Gasteiger charge is -2.27. The summed E-state index contributed by atoms with van der Waals surface area (Å²) in [5.74, 6) is -1.47. The molecule has 0 aliphatic rings. The Balaban J connectivity index is 2.95. The summed E-state index contributed by atoms with van der Waals surface area (Å²) in [5.41, 5.74) is -0.0392. The maximum atomic E-state index is 15.3. The molecule has 0 radical (unpaired) electrons. The van der Waals surface area contributed by atoms with Gasteiger partial charge in [0.2, 0.25) is 5.91 Å². The van der Waals surface area contributed by atoms with E-state index in [2.05, 4.69) is 26.2 Å². The Morgan fingerprint density at radius 2 is 1.92 bits per heavy atom. The van der Waals surface area contributed by atoms with Crippen molar-refractivity contribution in [3.8, 4) is 16.9 Å². The van der Waals surface area contributed by atoms with Crippen molar-refractivity contribution in [3.63, 3.8) is 0 Å². The lowest BCUT2D eigenvalue weighted by molar-refractivity contribution is -0.114. The van der Waals surface area contributed by atoms with Gasteiger partial charge in [0.1, 0.15) is 16.2 Å². The van der Waals surface area contributed by atoms with Crippen LogP contribution in [0.4, 0.5) is 14.5 Å². The molecule has 1 amide bonds. The van der Waals surface area contributed by atoms with Crippen LogP contribution >= 0.6 is 15.9 Å². The molecule has 0 aliphatic carbocycles. The minimum atomic E-state index is -0.724. The molecule has 0 saturated carbocycles. The average molecular weight is 413 g/mol. The highest BCUT2D eigenvalue weighted by Crippen LogP contribution is 2.45. The fourth-order valence-corrected chi connectivity index (χ4v) is 3.01. The van der Waals surface area contributed by atoms with E-state index in [-0.39, 0.29) is 16.8 Å². The van der Waals surface area contributed by atoms with Gasteiger partial charge in [0.15, 0.2) is 5.82 Å². The highest BCUT2D eigenvalue weighted by atomic mass is 79.9. The molecule has 1 aromatic heterocycles. The number of ether oxygens (including phenoxy) is 1. The van der Waals surface area contributed by atoms with Crippen LogP contribution < -0.4 is 10.1 Å². The quantitative estimate of drug-likeness (QED) is 0.717. The summed E-state index contributed by atoms with van der Waals surface area (Å²) in [5, 5.41) is 2.43. The number of carbonyl (C=O) groups is 1. The molecule has 0 aliphatic heterocycles. The minimum Gasteiger partial charge on any atom is -0.496 e. The van der Waals surface area contributed by atoms with Crippen molar-refractivity contribution < 1.29 is 18.3 Å². The van der Waals surface area contributed by atoms with Gasteiger partial charge in [-0.25, -0.2) is 13.8 Å². The molecule has 2 aromatic rings. The molecule has 7 heteroatoms. The molecule has 0 saturated heterocycles. The van der Waals surface area contributed by atoms with E-state index in [4.69, 9.17) is 4.74 Å². The van der Waals surface area contributed by atoms with Crippen molar-refractivity contribution in [1.82, 2.24) is 4.98 Å². The summed E-state index contributed by atoms with van der Waals surface area (Å²) in [7, 11) is 1.45. The molecule has 0 bridgehead atoms. The molecule has 1 N–H and O–H groups in total. The van der Waals surface area contributed by atoms with E-state index in [1.165, 1.54) is 26.2 Å². The number of hydrogen-bond acceptors (Lipinski definition) is 3. The van der Waals surface area contributed by atoms with Gasteiger partial charge in [-0.2, -0.15) is 0 Å². The Bertz CT molecular complexity index is 833. The van der Waals surface area contributed by atoms with Crippen molar-refractivity contribution in [3.05, 3.63) is 40.1 Å². The zero-order valence-electron chi connectivity index (χ0n) is 14.6. The Morgan fingerprint density at radius 3 is 2.44 bits per heavy atom. The van der Waals surface area contributed by atoms with E-state index in [0.29, 0.717) is 15.9 Å². The summed E-state index contributed by atoms with van der Waals surface area (Å²) < 4.78 is 35.5. The average Bonchev–Trinajstić information content (AvgIpc) is 2.49. The predicted octanol–water partition coefficient (Wildman–Crippen LogP) is 5.05. The van der Waals surface area contributed by atoms with Crippen molar-refractivity contribution in [1.29, 1.82) is 0 Å². The third-order valence-electron chi connectivity index (χ3n) is 3.60. The molecule has 0 spiro atoms. The summed E-state index contributed by atoms with van der Waals surface area (Å²) in [6, 6.07) is 2.81. The van der Waals surface area contributed by atoms with Gasteiger partial charge in [-0.3, -0.25) is 4.79 Å². The Morgan fingerprint density at radius 1 is 1.28 bits per heavy atom. The Labute approximate surface area is 153 Å². The molecule has 1 heterocycles. The molecule has 0 fully saturated rings. The number of nitrogens with zero attached hydrogens (tertiary/aromatic N) is 1. The largest absolute Gasteiger partial charge is 0.496 e. The smallest absolute Gasteiger partial charge is 0.221 e. The number of pyridine rings is 1. The van der Waals surface area contributed by atoms with Crippen LogP contribution in [-0.4, -0.2) is 18.0 Å². The number of aromatic nitrogens is 1. The SMILES string of the molecule is COc1cc(NC(C)=O)c(F)c(-c2cc(Br)ncc2F)c1C(C)(C)C. The van der Waals surface area contributed by atoms with Crippen LogP contribution in [0, 0.1) is 11.6 Å². The van der Waals surface area contributed by atoms with Crippen molar-refractivity contribution in [2.45, 2.75) is 33.1 Å². The van der Waals surface area contributed by atoms with Crippen LogP contribution in [0.2, 0.25) is 0 Å². The van der Waals surface area contributed by atoms with Gasteiger partial charge in [-0.15, -0.1) is 0 Å². The van der Waals surface area contributed by atoms with Crippen LogP contribution in [0.15, 0.2) is 22.9 Å². The van der Waals surface area contributed by atoms with E-state index < -0.39 is 23.0 Å². The van der Waals surface area contributed by atoms with E-state index >= 15 is 4.39 Å². The second-order valence-electron chi connectivity index (χ2n) is 6.61. The molecular weight excluding hydrogens is 394 g/mol. The number of halogens is 3. The van der Waals surface area contributed by atoms with E-state index in [0.717, 1.165) is 6.20 Å². The van der Waals surface area contributed by atoms with Gasteiger partial charge in [-0.1, -0.05) is 20.8 Å². The highest BCUT2D eigenvalue weighted by Gasteiger charge is 2.30. The minimum absolute atomic E-state index is 0.0369.